The Morgan fingerprint density at radius 3 is 2.39 bits per heavy atom. The zero-order valence-electron chi connectivity index (χ0n) is 17.2. The SMILES string of the molecule is c1ccc2cc(CCC(Cn3ccnc3)Oc3ccc(-n4ccnc4)cc3)ccc2c1. The molecule has 31 heavy (non-hydrogen) atoms. The van der Waals surface area contributed by atoms with Crippen molar-refractivity contribution in [1.82, 2.24) is 19.1 Å². The second-order valence-corrected chi connectivity index (χ2v) is 7.68. The lowest BCUT2D eigenvalue weighted by molar-refractivity contribution is 0.170. The van der Waals surface area contributed by atoms with Crippen molar-refractivity contribution in [2.24, 2.45) is 0 Å². The molecule has 0 N–H and O–H groups in total. The minimum absolute atomic E-state index is 0.0414. The van der Waals surface area contributed by atoms with Crippen molar-refractivity contribution >= 4 is 10.8 Å². The number of imidazole rings is 2. The van der Waals surface area contributed by atoms with E-state index in [0.717, 1.165) is 30.8 Å². The van der Waals surface area contributed by atoms with Gasteiger partial charge in [-0.3, -0.25) is 0 Å². The van der Waals surface area contributed by atoms with Gasteiger partial charge in [0.25, 0.3) is 0 Å². The van der Waals surface area contributed by atoms with Crippen molar-refractivity contribution in [3.8, 4) is 11.4 Å². The lowest BCUT2D eigenvalue weighted by Gasteiger charge is -2.20. The summed E-state index contributed by atoms with van der Waals surface area (Å²) in [4.78, 5) is 8.28. The van der Waals surface area contributed by atoms with E-state index in [1.807, 2.05) is 35.4 Å². The van der Waals surface area contributed by atoms with Crippen LogP contribution in [-0.4, -0.2) is 25.2 Å². The highest BCUT2D eigenvalue weighted by Gasteiger charge is 2.13. The average molecular weight is 409 g/mol. The van der Waals surface area contributed by atoms with Crippen LogP contribution in [-0.2, 0) is 13.0 Å². The molecule has 0 aliphatic carbocycles. The van der Waals surface area contributed by atoms with Gasteiger partial charge in [0.05, 0.1) is 19.2 Å². The average Bonchev–Trinajstić information content (AvgIpc) is 3.52. The molecule has 2 heterocycles. The van der Waals surface area contributed by atoms with Gasteiger partial charge in [-0.05, 0) is 53.4 Å². The minimum Gasteiger partial charge on any atom is -0.489 e. The highest BCUT2D eigenvalue weighted by Crippen LogP contribution is 2.21. The Hall–Kier alpha value is -3.86. The van der Waals surface area contributed by atoms with E-state index in [4.69, 9.17) is 4.74 Å². The molecule has 5 heteroatoms. The molecule has 0 bridgehead atoms. The van der Waals surface area contributed by atoms with Gasteiger partial charge in [-0.15, -0.1) is 0 Å². The fourth-order valence-corrected chi connectivity index (χ4v) is 3.84. The summed E-state index contributed by atoms with van der Waals surface area (Å²) in [6.45, 7) is 0.761. The Kier molecular flexibility index (Phi) is 5.48. The Labute approximate surface area is 181 Å². The molecule has 1 atom stereocenters. The van der Waals surface area contributed by atoms with Crippen molar-refractivity contribution in [2.75, 3.05) is 0 Å². The summed E-state index contributed by atoms with van der Waals surface area (Å²) < 4.78 is 10.4. The van der Waals surface area contributed by atoms with E-state index >= 15 is 0 Å². The first-order chi connectivity index (χ1) is 15.3. The molecule has 5 nitrogen and oxygen atoms in total. The van der Waals surface area contributed by atoms with Crippen LogP contribution < -0.4 is 4.74 Å². The first kappa shape index (κ1) is 19.1. The summed E-state index contributed by atoms with van der Waals surface area (Å²) in [5.41, 5.74) is 2.39. The van der Waals surface area contributed by atoms with E-state index in [-0.39, 0.29) is 6.10 Å². The number of fused-ring (bicyclic) bond motifs is 1. The van der Waals surface area contributed by atoms with E-state index in [0.29, 0.717) is 0 Å². The number of aromatic nitrogens is 4. The maximum Gasteiger partial charge on any atom is 0.119 e. The molecule has 0 amide bonds. The first-order valence-corrected chi connectivity index (χ1v) is 10.5. The second-order valence-electron chi connectivity index (χ2n) is 7.68. The van der Waals surface area contributed by atoms with Crippen molar-refractivity contribution in [3.63, 3.8) is 0 Å². The fraction of sp³-hybridized carbons (Fsp3) is 0.154. The molecule has 0 saturated carbocycles. The quantitative estimate of drug-likeness (QED) is 0.350. The Bertz CT molecular complexity index is 1230. The monoisotopic (exact) mass is 408 g/mol. The zero-order valence-corrected chi connectivity index (χ0v) is 17.2. The fourth-order valence-electron chi connectivity index (χ4n) is 3.84. The van der Waals surface area contributed by atoms with Gasteiger partial charge in [-0.2, -0.15) is 0 Å². The lowest BCUT2D eigenvalue weighted by atomic mass is 10.0. The zero-order chi connectivity index (χ0) is 20.9. The Morgan fingerprint density at radius 2 is 1.61 bits per heavy atom. The molecule has 3 aromatic carbocycles. The predicted octanol–water partition coefficient (Wildman–Crippen LogP) is 5.30. The van der Waals surface area contributed by atoms with Gasteiger partial charge in [-0.25, -0.2) is 9.97 Å². The van der Waals surface area contributed by atoms with Gasteiger partial charge in [0.15, 0.2) is 0 Å². The smallest absolute Gasteiger partial charge is 0.119 e. The molecular formula is C26H24N4O. The molecule has 1 unspecified atom stereocenters. The largest absolute Gasteiger partial charge is 0.489 e. The molecule has 0 aliphatic heterocycles. The number of rotatable bonds is 8. The number of hydrogen-bond donors (Lipinski definition) is 0. The Morgan fingerprint density at radius 1 is 0.806 bits per heavy atom. The van der Waals surface area contributed by atoms with E-state index in [9.17, 15) is 0 Å². The lowest BCUT2D eigenvalue weighted by Crippen LogP contribution is -2.23. The predicted molar refractivity (Wildman–Crippen MR) is 122 cm³/mol. The molecule has 0 spiro atoms. The maximum absolute atomic E-state index is 6.40. The standard InChI is InChI=1S/C26H24N4O/c1-2-4-23-17-21(5-7-22(23)3-1)6-10-26(18-29-15-13-27-19-29)31-25-11-8-24(9-12-25)30-16-14-28-20-30/h1-5,7-9,11-17,19-20,26H,6,10,18H2. The van der Waals surface area contributed by atoms with Crippen molar-refractivity contribution in [1.29, 1.82) is 0 Å². The molecule has 0 saturated heterocycles. The van der Waals surface area contributed by atoms with Crippen molar-refractivity contribution in [3.05, 3.63) is 110 Å². The van der Waals surface area contributed by atoms with Crippen LogP contribution in [0.2, 0.25) is 0 Å². The third-order valence-corrected chi connectivity index (χ3v) is 5.48. The topological polar surface area (TPSA) is 44.9 Å². The van der Waals surface area contributed by atoms with E-state index in [1.54, 1.807) is 18.7 Å². The molecule has 2 aromatic heterocycles. The molecule has 5 aromatic rings. The number of nitrogens with zero attached hydrogens (tertiary/aromatic N) is 4. The van der Waals surface area contributed by atoms with Crippen LogP contribution >= 0.6 is 0 Å². The molecule has 5 rings (SSSR count). The van der Waals surface area contributed by atoms with Crippen LogP contribution in [0.4, 0.5) is 0 Å². The van der Waals surface area contributed by atoms with Crippen molar-refractivity contribution in [2.45, 2.75) is 25.5 Å². The highest BCUT2D eigenvalue weighted by atomic mass is 16.5. The molecule has 0 aliphatic rings. The van der Waals surface area contributed by atoms with Crippen molar-refractivity contribution < 1.29 is 4.74 Å². The van der Waals surface area contributed by atoms with Gasteiger partial charge in [0.1, 0.15) is 11.9 Å². The van der Waals surface area contributed by atoms with E-state index < -0.39 is 0 Å². The van der Waals surface area contributed by atoms with Gasteiger partial charge in [-0.1, -0.05) is 42.5 Å². The summed E-state index contributed by atoms with van der Waals surface area (Å²) in [6, 6.07) is 23.3. The van der Waals surface area contributed by atoms with Crippen LogP contribution in [0, 0.1) is 0 Å². The molecule has 0 radical (unpaired) electrons. The maximum atomic E-state index is 6.40. The summed E-state index contributed by atoms with van der Waals surface area (Å²) in [5.74, 6) is 0.868. The molecule has 0 fully saturated rings. The minimum atomic E-state index is 0.0414. The third-order valence-electron chi connectivity index (χ3n) is 5.48. The summed E-state index contributed by atoms with van der Waals surface area (Å²) in [6.07, 6.45) is 13.0. The van der Waals surface area contributed by atoms with Gasteiger partial charge in [0, 0.05) is 30.5 Å². The van der Waals surface area contributed by atoms with Crippen LogP contribution in [0.1, 0.15) is 12.0 Å². The number of aryl methyl sites for hydroxylation is 1. The molecule has 154 valence electrons. The summed E-state index contributed by atoms with van der Waals surface area (Å²) >= 11 is 0. The second kappa shape index (κ2) is 8.88. The number of benzene rings is 3. The normalized spacial score (nSPS) is 12.1. The molecular weight excluding hydrogens is 384 g/mol. The van der Waals surface area contributed by atoms with Crippen LogP contribution in [0.3, 0.4) is 0 Å². The van der Waals surface area contributed by atoms with Gasteiger partial charge < -0.3 is 13.9 Å². The highest BCUT2D eigenvalue weighted by molar-refractivity contribution is 5.82. The van der Waals surface area contributed by atoms with Crippen LogP contribution in [0.5, 0.6) is 5.75 Å². The van der Waals surface area contributed by atoms with E-state index in [1.165, 1.54) is 16.3 Å². The van der Waals surface area contributed by atoms with Crippen LogP contribution in [0.25, 0.3) is 16.5 Å². The summed E-state index contributed by atoms with van der Waals surface area (Å²) in [7, 11) is 0. The Balaban J connectivity index is 1.30. The van der Waals surface area contributed by atoms with Crippen LogP contribution in [0.15, 0.2) is 104 Å². The summed E-state index contributed by atoms with van der Waals surface area (Å²) in [5, 5.41) is 2.55. The third kappa shape index (κ3) is 4.67. The van der Waals surface area contributed by atoms with Gasteiger partial charge in [0.2, 0.25) is 0 Å². The van der Waals surface area contributed by atoms with E-state index in [2.05, 4.69) is 69.1 Å². The van der Waals surface area contributed by atoms with Gasteiger partial charge >= 0.3 is 0 Å². The number of hydrogen-bond acceptors (Lipinski definition) is 3. The number of ether oxygens (including phenoxy) is 1. The first-order valence-electron chi connectivity index (χ1n) is 10.5.